The molecule has 2 nitrogen and oxygen atoms in total. The Hall–Kier alpha value is -0.710. The first-order valence-corrected chi connectivity index (χ1v) is 6.21. The molecule has 0 aliphatic rings. The van der Waals surface area contributed by atoms with Crippen molar-refractivity contribution in [1.29, 1.82) is 0 Å². The fourth-order valence-electron chi connectivity index (χ4n) is 1.15. The van der Waals surface area contributed by atoms with Gasteiger partial charge in [-0.1, -0.05) is 11.6 Å². The van der Waals surface area contributed by atoms with Crippen LogP contribution < -0.4 is 11.1 Å². The molecule has 0 aliphatic heterocycles. The molecule has 3 N–H and O–H groups in total. The molecule has 0 unspecified atom stereocenters. The normalized spacial score (nSPS) is 10.3. The van der Waals surface area contributed by atoms with Crippen molar-refractivity contribution in [3.05, 3.63) is 39.1 Å². The van der Waals surface area contributed by atoms with E-state index in [-0.39, 0.29) is 0 Å². The van der Waals surface area contributed by atoms with Crippen molar-refractivity contribution in [3.8, 4) is 0 Å². The minimum atomic E-state index is 0.669. The Kier molecular flexibility index (Phi) is 3.19. The number of halogens is 2. The summed E-state index contributed by atoms with van der Waals surface area (Å²) in [6.07, 6.45) is 0. The molecule has 2 aromatic rings. The van der Waals surface area contributed by atoms with Gasteiger partial charge in [0.15, 0.2) is 0 Å². The van der Waals surface area contributed by atoms with Crippen LogP contribution in [0.3, 0.4) is 0 Å². The van der Waals surface area contributed by atoms with Crippen LogP contribution in [0.1, 0.15) is 0 Å². The van der Waals surface area contributed by atoms with Gasteiger partial charge in [0.05, 0.1) is 20.2 Å². The van der Waals surface area contributed by atoms with Gasteiger partial charge in [0.1, 0.15) is 0 Å². The molecular formula is C10H8BrClN2S. The zero-order chi connectivity index (χ0) is 10.8. The molecule has 0 saturated carbocycles. The van der Waals surface area contributed by atoms with Crippen molar-refractivity contribution >= 4 is 55.2 Å². The highest BCUT2D eigenvalue weighted by Gasteiger charge is 2.02. The van der Waals surface area contributed by atoms with Crippen molar-refractivity contribution in [3.63, 3.8) is 0 Å². The lowest BCUT2D eigenvalue weighted by Crippen LogP contribution is -1.94. The lowest BCUT2D eigenvalue weighted by Gasteiger charge is -2.07. The molecule has 0 amide bonds. The lowest BCUT2D eigenvalue weighted by atomic mass is 10.3. The summed E-state index contributed by atoms with van der Waals surface area (Å²) in [5, 5.41) is 4.91. The highest BCUT2D eigenvalue weighted by atomic mass is 79.9. The summed E-state index contributed by atoms with van der Waals surface area (Å²) < 4.78 is 1.07. The summed E-state index contributed by atoms with van der Waals surface area (Å²) in [7, 11) is 0. The Bertz CT molecular complexity index is 484. The van der Waals surface area contributed by atoms with E-state index in [4.69, 9.17) is 17.3 Å². The van der Waals surface area contributed by atoms with Crippen LogP contribution in [0.4, 0.5) is 16.4 Å². The summed E-state index contributed by atoms with van der Waals surface area (Å²) >= 11 is 10.9. The van der Waals surface area contributed by atoms with Crippen LogP contribution in [-0.4, -0.2) is 0 Å². The molecule has 0 aliphatic carbocycles. The fraction of sp³-hybridized carbons (Fsp3) is 0. The molecule has 1 aromatic heterocycles. The van der Waals surface area contributed by atoms with Gasteiger partial charge in [-0.25, -0.2) is 0 Å². The van der Waals surface area contributed by atoms with Gasteiger partial charge in [0.2, 0.25) is 0 Å². The predicted molar refractivity (Wildman–Crippen MR) is 71.2 cm³/mol. The Balaban J connectivity index is 2.27. The average Bonchev–Trinajstić information content (AvgIpc) is 2.58. The molecule has 15 heavy (non-hydrogen) atoms. The van der Waals surface area contributed by atoms with E-state index >= 15 is 0 Å². The van der Waals surface area contributed by atoms with Crippen LogP contribution in [0.25, 0.3) is 0 Å². The topological polar surface area (TPSA) is 38.0 Å². The van der Waals surface area contributed by atoms with E-state index in [0.717, 1.165) is 14.5 Å². The van der Waals surface area contributed by atoms with Crippen LogP contribution in [0.15, 0.2) is 34.1 Å². The number of anilines is 3. The Morgan fingerprint density at radius 3 is 2.73 bits per heavy atom. The Labute approximate surface area is 105 Å². The van der Waals surface area contributed by atoms with E-state index in [1.807, 2.05) is 18.2 Å². The molecule has 2 rings (SSSR count). The molecule has 0 spiro atoms. The second-order valence-corrected chi connectivity index (χ2v) is 5.86. The van der Waals surface area contributed by atoms with Crippen molar-refractivity contribution in [1.82, 2.24) is 0 Å². The first-order valence-electron chi connectivity index (χ1n) is 4.22. The molecule has 0 fully saturated rings. The van der Waals surface area contributed by atoms with Gasteiger partial charge in [-0.2, -0.15) is 0 Å². The summed E-state index contributed by atoms with van der Waals surface area (Å²) in [6, 6.07) is 9.33. The van der Waals surface area contributed by atoms with Crippen LogP contribution in [-0.2, 0) is 0 Å². The highest BCUT2D eigenvalue weighted by molar-refractivity contribution is 9.11. The summed E-state index contributed by atoms with van der Waals surface area (Å²) in [5.74, 6) is 0. The van der Waals surface area contributed by atoms with Crippen molar-refractivity contribution in [2.45, 2.75) is 0 Å². The van der Waals surface area contributed by atoms with Gasteiger partial charge in [0.25, 0.3) is 0 Å². The monoisotopic (exact) mass is 302 g/mol. The number of nitrogen functional groups attached to an aromatic ring is 1. The fourth-order valence-corrected chi connectivity index (χ4v) is 2.62. The molecule has 78 valence electrons. The summed E-state index contributed by atoms with van der Waals surface area (Å²) in [6.45, 7) is 0. The first-order chi connectivity index (χ1) is 7.15. The van der Waals surface area contributed by atoms with E-state index in [2.05, 4.69) is 21.2 Å². The summed E-state index contributed by atoms with van der Waals surface area (Å²) in [4.78, 5) is 0. The van der Waals surface area contributed by atoms with Crippen molar-refractivity contribution in [2.75, 3.05) is 11.1 Å². The molecule has 1 aromatic carbocycles. The molecule has 0 radical (unpaired) electrons. The molecule has 1 heterocycles. The van der Waals surface area contributed by atoms with E-state index in [1.54, 1.807) is 23.5 Å². The minimum Gasteiger partial charge on any atom is -0.397 e. The zero-order valence-electron chi connectivity index (χ0n) is 7.63. The third kappa shape index (κ3) is 2.65. The Morgan fingerprint density at radius 1 is 1.27 bits per heavy atom. The number of benzene rings is 1. The number of hydrogen-bond acceptors (Lipinski definition) is 3. The van der Waals surface area contributed by atoms with Crippen molar-refractivity contribution < 1.29 is 0 Å². The predicted octanol–water partition coefficient (Wildman–Crippen LogP) is 4.49. The molecular weight excluding hydrogens is 296 g/mol. The molecule has 0 saturated heterocycles. The largest absolute Gasteiger partial charge is 0.397 e. The second kappa shape index (κ2) is 4.43. The molecule has 0 atom stereocenters. The van der Waals surface area contributed by atoms with Gasteiger partial charge in [0, 0.05) is 5.02 Å². The Morgan fingerprint density at radius 2 is 2.07 bits per heavy atom. The van der Waals surface area contributed by atoms with E-state index in [0.29, 0.717) is 10.7 Å². The summed E-state index contributed by atoms with van der Waals surface area (Å²) in [5.41, 5.74) is 7.33. The standard InChI is InChI=1S/C10H8BrClN2S/c11-9-3-4-10(15-9)14-8-5-6(12)1-2-7(8)13/h1-5,14H,13H2. The van der Waals surface area contributed by atoms with Crippen LogP contribution in [0, 0.1) is 0 Å². The number of nitrogens with two attached hydrogens (primary N) is 1. The smallest absolute Gasteiger partial charge is 0.0938 e. The van der Waals surface area contributed by atoms with Crippen LogP contribution in [0.5, 0.6) is 0 Å². The number of rotatable bonds is 2. The maximum atomic E-state index is 5.89. The quantitative estimate of drug-likeness (QED) is 0.802. The maximum Gasteiger partial charge on any atom is 0.0938 e. The first kappa shape index (κ1) is 10.8. The van der Waals surface area contributed by atoms with Gasteiger partial charge < -0.3 is 11.1 Å². The average molecular weight is 304 g/mol. The lowest BCUT2D eigenvalue weighted by molar-refractivity contribution is 1.60. The molecule has 0 bridgehead atoms. The number of hydrogen-bond donors (Lipinski definition) is 2. The third-order valence-electron chi connectivity index (χ3n) is 1.85. The number of thiophene rings is 1. The number of nitrogens with one attached hydrogen (secondary N) is 1. The third-order valence-corrected chi connectivity index (χ3v) is 3.62. The van der Waals surface area contributed by atoms with Gasteiger partial charge >= 0.3 is 0 Å². The highest BCUT2D eigenvalue weighted by Crippen LogP contribution is 2.32. The van der Waals surface area contributed by atoms with E-state index in [9.17, 15) is 0 Å². The van der Waals surface area contributed by atoms with Gasteiger partial charge in [-0.05, 0) is 46.3 Å². The maximum absolute atomic E-state index is 5.89. The minimum absolute atomic E-state index is 0.669. The van der Waals surface area contributed by atoms with Crippen LogP contribution >= 0.6 is 38.9 Å². The van der Waals surface area contributed by atoms with Gasteiger partial charge in [-0.15, -0.1) is 11.3 Å². The molecule has 5 heteroatoms. The van der Waals surface area contributed by atoms with E-state index in [1.165, 1.54) is 0 Å². The van der Waals surface area contributed by atoms with Gasteiger partial charge in [-0.3, -0.25) is 0 Å². The zero-order valence-corrected chi connectivity index (χ0v) is 10.8. The SMILES string of the molecule is Nc1ccc(Cl)cc1Nc1ccc(Br)s1. The van der Waals surface area contributed by atoms with Crippen LogP contribution in [0.2, 0.25) is 5.02 Å². The van der Waals surface area contributed by atoms with E-state index < -0.39 is 0 Å². The second-order valence-electron chi connectivity index (χ2n) is 2.96. The van der Waals surface area contributed by atoms with Crippen molar-refractivity contribution in [2.24, 2.45) is 0 Å².